The van der Waals surface area contributed by atoms with E-state index < -0.39 is 18.0 Å². The number of nitrogens with one attached hydrogen (secondary N) is 1. The van der Waals surface area contributed by atoms with Gasteiger partial charge in [0, 0.05) is 11.1 Å². The molecule has 0 aliphatic carbocycles. The van der Waals surface area contributed by atoms with Gasteiger partial charge in [0.2, 0.25) is 0 Å². The molecule has 0 saturated heterocycles. The third-order valence-corrected chi connectivity index (χ3v) is 5.05. The van der Waals surface area contributed by atoms with Crippen molar-refractivity contribution >= 4 is 52.7 Å². The maximum Gasteiger partial charge on any atom is 0.317 e. The van der Waals surface area contributed by atoms with E-state index in [2.05, 4.69) is 10.3 Å². The van der Waals surface area contributed by atoms with E-state index in [-0.39, 0.29) is 16.6 Å². The molecule has 1 heterocycles. The number of rotatable bonds is 6. The molecule has 0 aliphatic heterocycles. The smallest absolute Gasteiger partial charge is 0.317 e. The quantitative estimate of drug-likeness (QED) is 0.551. The topological polar surface area (TPSA) is 68.3 Å². The minimum Gasteiger partial charge on any atom is -0.452 e. The number of aryl methyl sites for hydroxylation is 2. The third kappa shape index (κ3) is 5.90. The van der Waals surface area contributed by atoms with Crippen LogP contribution in [0.25, 0.3) is 0 Å². The number of ether oxygens (including phenoxy) is 1. The number of amides is 1. The summed E-state index contributed by atoms with van der Waals surface area (Å²) in [6, 6.07) is 7.46. The summed E-state index contributed by atoms with van der Waals surface area (Å²) in [5, 5.41) is 3.07. The Morgan fingerprint density at radius 3 is 2.65 bits per heavy atom. The fourth-order valence-electron chi connectivity index (χ4n) is 2.11. The Morgan fingerprint density at radius 1 is 1.27 bits per heavy atom. The van der Waals surface area contributed by atoms with E-state index in [1.54, 1.807) is 0 Å². The molecule has 5 nitrogen and oxygen atoms in total. The van der Waals surface area contributed by atoms with Crippen molar-refractivity contribution in [1.29, 1.82) is 0 Å². The van der Waals surface area contributed by atoms with E-state index in [1.807, 2.05) is 32.0 Å². The van der Waals surface area contributed by atoms with Crippen LogP contribution < -0.4 is 5.32 Å². The minimum atomic E-state index is -0.976. The van der Waals surface area contributed by atoms with Gasteiger partial charge in [0.15, 0.2) is 11.9 Å². The van der Waals surface area contributed by atoms with Crippen molar-refractivity contribution in [3.8, 4) is 0 Å². The van der Waals surface area contributed by atoms with E-state index in [9.17, 15) is 9.59 Å². The van der Waals surface area contributed by atoms with Crippen molar-refractivity contribution in [2.75, 3.05) is 11.1 Å². The first-order valence-corrected chi connectivity index (χ1v) is 9.52. The maximum absolute atomic E-state index is 12.1. The van der Waals surface area contributed by atoms with Crippen LogP contribution in [0.15, 0.2) is 35.4 Å². The highest BCUT2D eigenvalue weighted by Gasteiger charge is 2.19. The molecule has 2 aromatic rings. The van der Waals surface area contributed by atoms with Gasteiger partial charge in [-0.15, -0.1) is 11.8 Å². The predicted molar refractivity (Wildman–Crippen MR) is 105 cm³/mol. The SMILES string of the molecule is Cc1ccc(SCC(=O)O[C@@H](C)C(=O)Nc2ncc(Cl)cc2Cl)c(C)c1. The molecule has 0 fully saturated rings. The van der Waals surface area contributed by atoms with Crippen molar-refractivity contribution in [2.45, 2.75) is 31.8 Å². The lowest BCUT2D eigenvalue weighted by Crippen LogP contribution is -2.30. The molecule has 0 aliphatic rings. The Morgan fingerprint density at radius 2 is 2.00 bits per heavy atom. The maximum atomic E-state index is 12.1. The summed E-state index contributed by atoms with van der Waals surface area (Å²) < 4.78 is 5.16. The van der Waals surface area contributed by atoms with E-state index in [1.165, 1.54) is 30.9 Å². The number of hydrogen-bond acceptors (Lipinski definition) is 5. The Labute approximate surface area is 166 Å². The second-order valence-corrected chi connectivity index (χ2v) is 7.52. The zero-order valence-corrected chi connectivity index (χ0v) is 16.8. The van der Waals surface area contributed by atoms with Crippen molar-refractivity contribution in [3.63, 3.8) is 0 Å². The summed E-state index contributed by atoms with van der Waals surface area (Å²) >= 11 is 13.1. The van der Waals surface area contributed by atoms with E-state index >= 15 is 0 Å². The van der Waals surface area contributed by atoms with Gasteiger partial charge in [0.1, 0.15) is 0 Å². The van der Waals surface area contributed by atoms with Crippen LogP contribution in [0, 0.1) is 13.8 Å². The Hall–Kier alpha value is -1.76. The highest BCUT2D eigenvalue weighted by Crippen LogP contribution is 2.24. The zero-order chi connectivity index (χ0) is 19.3. The number of pyridine rings is 1. The standard InChI is InChI=1S/C18H18Cl2N2O3S/c1-10-4-5-15(11(2)6-10)26-9-16(23)25-12(3)18(24)22-17-14(20)7-13(19)8-21-17/h4-8,12H,9H2,1-3H3,(H,21,22,24)/t12-/m0/s1. The lowest BCUT2D eigenvalue weighted by molar-refractivity contribution is -0.150. The summed E-state index contributed by atoms with van der Waals surface area (Å²) in [4.78, 5) is 29.0. The van der Waals surface area contributed by atoms with Crippen molar-refractivity contribution < 1.29 is 14.3 Å². The number of aromatic nitrogens is 1. The number of anilines is 1. The molecule has 0 spiro atoms. The summed E-state index contributed by atoms with van der Waals surface area (Å²) in [5.41, 5.74) is 2.26. The number of halogens is 2. The monoisotopic (exact) mass is 412 g/mol. The Balaban J connectivity index is 1.86. The normalized spacial score (nSPS) is 11.7. The van der Waals surface area contributed by atoms with Gasteiger partial charge in [0.05, 0.1) is 15.8 Å². The number of thioether (sulfide) groups is 1. The summed E-state index contributed by atoms with van der Waals surface area (Å²) in [6.07, 6.45) is 0.385. The Kier molecular flexibility index (Phi) is 7.32. The fourth-order valence-corrected chi connectivity index (χ4v) is 3.33. The molecule has 1 aromatic heterocycles. The average molecular weight is 413 g/mol. The number of nitrogens with zero attached hydrogens (tertiary/aromatic N) is 1. The van der Waals surface area contributed by atoms with Gasteiger partial charge in [-0.05, 0) is 38.5 Å². The van der Waals surface area contributed by atoms with Crippen LogP contribution in [0.1, 0.15) is 18.1 Å². The molecular weight excluding hydrogens is 395 g/mol. The van der Waals surface area contributed by atoms with Gasteiger partial charge < -0.3 is 10.1 Å². The molecule has 8 heteroatoms. The number of carbonyl (C=O) groups is 2. The molecule has 0 saturated carbocycles. The van der Waals surface area contributed by atoms with Gasteiger partial charge in [0.25, 0.3) is 5.91 Å². The second-order valence-electron chi connectivity index (χ2n) is 5.66. The number of benzene rings is 1. The van der Waals surface area contributed by atoms with Crippen molar-refractivity contribution in [2.24, 2.45) is 0 Å². The Bertz CT molecular complexity index is 830. The van der Waals surface area contributed by atoms with E-state index in [4.69, 9.17) is 27.9 Å². The van der Waals surface area contributed by atoms with Crippen molar-refractivity contribution in [1.82, 2.24) is 4.98 Å². The van der Waals surface area contributed by atoms with Gasteiger partial charge >= 0.3 is 5.97 Å². The first-order chi connectivity index (χ1) is 12.3. The third-order valence-electron chi connectivity index (χ3n) is 3.40. The molecule has 26 heavy (non-hydrogen) atoms. The largest absolute Gasteiger partial charge is 0.452 e. The van der Waals surface area contributed by atoms with Gasteiger partial charge in [-0.25, -0.2) is 4.98 Å². The number of esters is 1. The first-order valence-electron chi connectivity index (χ1n) is 7.77. The summed E-state index contributed by atoms with van der Waals surface area (Å²) in [5.74, 6) is -0.727. The number of carbonyl (C=O) groups excluding carboxylic acids is 2. The highest BCUT2D eigenvalue weighted by molar-refractivity contribution is 8.00. The van der Waals surface area contributed by atoms with Gasteiger partial charge in [-0.3, -0.25) is 9.59 Å². The average Bonchev–Trinajstić information content (AvgIpc) is 2.56. The van der Waals surface area contributed by atoms with Crippen LogP contribution in [0.4, 0.5) is 5.82 Å². The van der Waals surface area contributed by atoms with Crippen LogP contribution in [-0.4, -0.2) is 28.7 Å². The van der Waals surface area contributed by atoms with Crippen LogP contribution in [0.3, 0.4) is 0 Å². The van der Waals surface area contributed by atoms with Crippen molar-refractivity contribution in [3.05, 3.63) is 51.6 Å². The molecule has 1 atom stereocenters. The zero-order valence-electron chi connectivity index (χ0n) is 14.5. The molecule has 1 aromatic carbocycles. The predicted octanol–water partition coefficient (Wildman–Crippen LogP) is 4.67. The highest BCUT2D eigenvalue weighted by atomic mass is 35.5. The molecule has 138 valence electrons. The lowest BCUT2D eigenvalue weighted by atomic mass is 10.2. The lowest BCUT2D eigenvalue weighted by Gasteiger charge is -2.14. The first kappa shape index (κ1) is 20.6. The van der Waals surface area contributed by atoms with Gasteiger partial charge in [-0.1, -0.05) is 40.9 Å². The van der Waals surface area contributed by atoms with E-state index in [0.29, 0.717) is 5.02 Å². The minimum absolute atomic E-state index is 0.113. The summed E-state index contributed by atoms with van der Waals surface area (Å²) in [7, 11) is 0. The fraction of sp³-hybridized carbons (Fsp3) is 0.278. The van der Waals surface area contributed by atoms with Gasteiger partial charge in [-0.2, -0.15) is 0 Å². The molecule has 0 bridgehead atoms. The molecular formula is C18H18Cl2N2O3S. The van der Waals surface area contributed by atoms with Crippen LogP contribution >= 0.6 is 35.0 Å². The molecule has 0 unspecified atom stereocenters. The molecule has 0 radical (unpaired) electrons. The van der Waals surface area contributed by atoms with Crippen LogP contribution in [0.2, 0.25) is 10.0 Å². The molecule has 2 rings (SSSR count). The van der Waals surface area contributed by atoms with Crippen LogP contribution in [-0.2, 0) is 14.3 Å². The summed E-state index contributed by atoms with van der Waals surface area (Å²) in [6.45, 7) is 5.48. The van der Waals surface area contributed by atoms with E-state index in [0.717, 1.165) is 16.0 Å². The molecule has 1 N–H and O–H groups in total. The second kappa shape index (κ2) is 9.26. The molecule has 1 amide bonds. The number of hydrogen-bond donors (Lipinski definition) is 1. The van der Waals surface area contributed by atoms with Crippen LogP contribution in [0.5, 0.6) is 0 Å².